The third-order valence-corrected chi connectivity index (χ3v) is 6.06. The maximum absolute atomic E-state index is 12.1. The second-order valence-corrected chi connectivity index (χ2v) is 10.5. The molecule has 0 spiro atoms. The smallest absolute Gasteiger partial charge is 0.407 e. The number of amides is 1. The Labute approximate surface area is 234 Å². The molecule has 0 saturated heterocycles. The molecule has 4 aromatic rings. The van der Waals surface area contributed by atoms with Gasteiger partial charge in [-0.3, -0.25) is 9.48 Å². The van der Waals surface area contributed by atoms with E-state index in [1.807, 2.05) is 82.7 Å². The Hall–Kier alpha value is -4.59. The summed E-state index contributed by atoms with van der Waals surface area (Å²) in [5.74, 6) is 0.314. The largest absolute Gasteiger partial charge is 0.489 e. The van der Waals surface area contributed by atoms with Gasteiger partial charge in [0.05, 0.1) is 19.7 Å². The molecular formula is C32H35N3O5. The van der Waals surface area contributed by atoms with Crippen LogP contribution in [-0.2, 0) is 40.9 Å². The predicted molar refractivity (Wildman–Crippen MR) is 154 cm³/mol. The molecule has 1 aromatic heterocycles. The van der Waals surface area contributed by atoms with Crippen molar-refractivity contribution in [3.8, 4) is 28.0 Å². The van der Waals surface area contributed by atoms with Gasteiger partial charge in [0, 0.05) is 30.9 Å². The van der Waals surface area contributed by atoms with Gasteiger partial charge in [-0.2, -0.15) is 5.10 Å². The summed E-state index contributed by atoms with van der Waals surface area (Å²) >= 11 is 0. The van der Waals surface area contributed by atoms with E-state index in [0.717, 1.165) is 38.9 Å². The average Bonchev–Trinajstić information content (AvgIpc) is 3.36. The summed E-state index contributed by atoms with van der Waals surface area (Å²) in [4.78, 5) is 24.0. The molecule has 0 aliphatic rings. The number of nitrogens with zero attached hydrogens (tertiary/aromatic N) is 2. The summed E-state index contributed by atoms with van der Waals surface area (Å²) in [5.41, 5.74) is 6.11. The second kappa shape index (κ2) is 12.5. The van der Waals surface area contributed by atoms with Crippen LogP contribution in [0.2, 0.25) is 0 Å². The van der Waals surface area contributed by atoms with Gasteiger partial charge in [0.1, 0.15) is 18.0 Å². The summed E-state index contributed by atoms with van der Waals surface area (Å²) in [6, 6.07) is 21.8. The van der Waals surface area contributed by atoms with E-state index in [2.05, 4.69) is 34.7 Å². The molecule has 0 atom stereocenters. The molecule has 3 aromatic carbocycles. The minimum atomic E-state index is -0.559. The van der Waals surface area contributed by atoms with Crippen molar-refractivity contribution in [2.24, 2.45) is 7.05 Å². The van der Waals surface area contributed by atoms with Crippen LogP contribution in [0.5, 0.6) is 5.75 Å². The van der Waals surface area contributed by atoms with E-state index in [9.17, 15) is 9.59 Å². The van der Waals surface area contributed by atoms with Crippen LogP contribution < -0.4 is 10.1 Å². The highest BCUT2D eigenvalue weighted by Crippen LogP contribution is 2.30. The summed E-state index contributed by atoms with van der Waals surface area (Å²) in [7, 11) is 3.26. The summed E-state index contributed by atoms with van der Waals surface area (Å²) in [6.45, 7) is 6.15. The number of carbonyl (C=O) groups is 2. The van der Waals surface area contributed by atoms with Crippen LogP contribution in [0.1, 0.15) is 37.5 Å². The Bertz CT molecular complexity index is 1490. The minimum absolute atomic E-state index is 0.137. The topological polar surface area (TPSA) is 91.7 Å². The van der Waals surface area contributed by atoms with Gasteiger partial charge in [-0.1, -0.05) is 36.4 Å². The number of hydrogen-bond donors (Lipinski definition) is 1. The molecule has 0 aliphatic carbocycles. The third-order valence-electron chi connectivity index (χ3n) is 6.06. The molecular weight excluding hydrogens is 506 g/mol. The SMILES string of the molecule is COC(=O)Cc1ccccc1OCc1cc(-c2cccc(CNC(=O)OC(C)(C)C)c2)cc(-c2cnn(C)c2)c1. The normalized spacial score (nSPS) is 11.1. The van der Waals surface area contributed by atoms with E-state index in [1.54, 1.807) is 4.68 Å². The maximum Gasteiger partial charge on any atom is 0.407 e. The first kappa shape index (κ1) is 28.4. The molecule has 40 heavy (non-hydrogen) atoms. The van der Waals surface area contributed by atoms with Gasteiger partial charge in [-0.05, 0) is 78.9 Å². The molecule has 8 nitrogen and oxygen atoms in total. The molecule has 4 rings (SSSR count). The first-order valence-electron chi connectivity index (χ1n) is 13.1. The number of carbonyl (C=O) groups excluding carboxylic acids is 2. The fourth-order valence-corrected chi connectivity index (χ4v) is 4.21. The lowest BCUT2D eigenvalue weighted by Crippen LogP contribution is -2.32. The number of benzene rings is 3. The van der Waals surface area contributed by atoms with Crippen molar-refractivity contribution in [2.45, 2.75) is 45.9 Å². The Kier molecular flexibility index (Phi) is 8.89. The lowest BCUT2D eigenvalue weighted by atomic mass is 9.96. The van der Waals surface area contributed by atoms with Gasteiger partial charge in [0.25, 0.3) is 0 Å². The number of esters is 1. The number of methoxy groups -OCH3 is 1. The Balaban J connectivity index is 1.60. The highest BCUT2D eigenvalue weighted by Gasteiger charge is 2.16. The van der Waals surface area contributed by atoms with Crippen LogP contribution in [0.15, 0.2) is 79.1 Å². The van der Waals surface area contributed by atoms with Crippen LogP contribution in [0.3, 0.4) is 0 Å². The molecule has 0 unspecified atom stereocenters. The predicted octanol–water partition coefficient (Wildman–Crippen LogP) is 6.07. The summed E-state index contributed by atoms with van der Waals surface area (Å²) in [5, 5.41) is 7.16. The minimum Gasteiger partial charge on any atom is -0.489 e. The molecule has 0 saturated carbocycles. The second-order valence-electron chi connectivity index (χ2n) is 10.5. The number of hydrogen-bond acceptors (Lipinski definition) is 6. The van der Waals surface area contributed by atoms with Crippen LogP contribution in [-0.4, -0.2) is 34.6 Å². The van der Waals surface area contributed by atoms with Crippen LogP contribution >= 0.6 is 0 Å². The monoisotopic (exact) mass is 541 g/mol. The number of para-hydroxylation sites is 1. The Morgan fingerprint density at radius 3 is 2.33 bits per heavy atom. The van der Waals surface area contributed by atoms with Gasteiger partial charge in [-0.25, -0.2) is 4.79 Å². The van der Waals surface area contributed by atoms with Gasteiger partial charge in [-0.15, -0.1) is 0 Å². The number of aryl methyl sites for hydroxylation is 1. The van der Waals surface area contributed by atoms with Gasteiger partial charge < -0.3 is 19.5 Å². The molecule has 0 fully saturated rings. The number of ether oxygens (including phenoxy) is 3. The standard InChI is InChI=1S/C32H35N3O5/c1-32(2,3)40-31(37)33-18-22-9-8-11-24(13-22)26-14-23(15-27(16-26)28-19-34-35(4)20-28)21-39-29-12-7-6-10-25(29)17-30(36)38-5/h6-16,19-20H,17-18,21H2,1-5H3,(H,33,37). The first-order chi connectivity index (χ1) is 19.1. The van der Waals surface area contributed by atoms with Crippen molar-refractivity contribution in [3.05, 3.63) is 95.8 Å². The van der Waals surface area contributed by atoms with Crippen molar-refractivity contribution in [1.29, 1.82) is 0 Å². The van der Waals surface area contributed by atoms with Gasteiger partial charge in [0.15, 0.2) is 0 Å². The van der Waals surface area contributed by atoms with Crippen LogP contribution in [0.25, 0.3) is 22.3 Å². The molecule has 1 amide bonds. The average molecular weight is 542 g/mol. The van der Waals surface area contributed by atoms with Crippen LogP contribution in [0, 0.1) is 0 Å². The zero-order valence-electron chi connectivity index (χ0n) is 23.6. The highest BCUT2D eigenvalue weighted by molar-refractivity contribution is 5.75. The maximum atomic E-state index is 12.1. The summed E-state index contributed by atoms with van der Waals surface area (Å²) < 4.78 is 18.2. The highest BCUT2D eigenvalue weighted by atomic mass is 16.6. The van der Waals surface area contributed by atoms with E-state index < -0.39 is 11.7 Å². The van der Waals surface area contributed by atoms with Gasteiger partial charge in [0.2, 0.25) is 0 Å². The van der Waals surface area contributed by atoms with Crippen molar-refractivity contribution in [2.75, 3.05) is 7.11 Å². The molecule has 0 aliphatic heterocycles. The zero-order chi connectivity index (χ0) is 28.7. The quantitative estimate of drug-likeness (QED) is 0.259. The van der Waals surface area contributed by atoms with E-state index in [-0.39, 0.29) is 12.4 Å². The van der Waals surface area contributed by atoms with E-state index in [1.165, 1.54) is 7.11 Å². The Morgan fingerprint density at radius 1 is 0.900 bits per heavy atom. The molecule has 0 bridgehead atoms. The number of nitrogens with one attached hydrogen (secondary N) is 1. The molecule has 208 valence electrons. The van der Waals surface area contributed by atoms with Crippen molar-refractivity contribution in [3.63, 3.8) is 0 Å². The molecule has 1 heterocycles. The first-order valence-corrected chi connectivity index (χ1v) is 13.1. The van der Waals surface area contributed by atoms with Crippen molar-refractivity contribution < 1.29 is 23.8 Å². The zero-order valence-corrected chi connectivity index (χ0v) is 23.6. The summed E-state index contributed by atoms with van der Waals surface area (Å²) in [6.07, 6.45) is 3.48. The fourth-order valence-electron chi connectivity index (χ4n) is 4.21. The van der Waals surface area contributed by atoms with Crippen molar-refractivity contribution in [1.82, 2.24) is 15.1 Å². The number of rotatable bonds is 9. The van der Waals surface area contributed by atoms with E-state index >= 15 is 0 Å². The number of alkyl carbamates (subject to hydrolysis) is 1. The lowest BCUT2D eigenvalue weighted by Gasteiger charge is -2.19. The number of aromatic nitrogens is 2. The Morgan fingerprint density at radius 2 is 1.62 bits per heavy atom. The molecule has 8 heteroatoms. The molecule has 1 N–H and O–H groups in total. The van der Waals surface area contributed by atoms with E-state index in [4.69, 9.17) is 14.2 Å². The fraction of sp³-hybridized carbons (Fsp3) is 0.281. The molecule has 0 radical (unpaired) electrons. The lowest BCUT2D eigenvalue weighted by molar-refractivity contribution is -0.139. The third kappa shape index (κ3) is 7.96. The van der Waals surface area contributed by atoms with Gasteiger partial charge >= 0.3 is 12.1 Å². The van der Waals surface area contributed by atoms with E-state index in [0.29, 0.717) is 18.9 Å². The van der Waals surface area contributed by atoms with Crippen molar-refractivity contribution >= 4 is 12.1 Å². The van der Waals surface area contributed by atoms with Crippen LogP contribution in [0.4, 0.5) is 4.79 Å².